The molecule has 0 spiro atoms. The molecule has 0 bridgehead atoms. The van der Waals surface area contributed by atoms with Gasteiger partial charge in [0.1, 0.15) is 6.54 Å². The molecule has 0 aromatic heterocycles. The molecule has 104 valence electrons. The molecule has 0 saturated heterocycles. The summed E-state index contributed by atoms with van der Waals surface area (Å²) in [7, 11) is 0. The number of carboxylic acids is 1. The monoisotopic (exact) mass is 264 g/mol. The summed E-state index contributed by atoms with van der Waals surface area (Å²) in [6, 6.07) is 7.06. The van der Waals surface area contributed by atoms with Gasteiger partial charge in [-0.15, -0.1) is 0 Å². The number of carbonyl (C=O) groups is 2. The second-order valence-corrected chi connectivity index (χ2v) is 4.98. The van der Waals surface area contributed by atoms with Gasteiger partial charge in [-0.25, -0.2) is 0 Å². The molecule has 0 fully saturated rings. The van der Waals surface area contributed by atoms with Crippen LogP contribution in [0.3, 0.4) is 0 Å². The van der Waals surface area contributed by atoms with Crippen LogP contribution in [0, 0.1) is 5.92 Å². The van der Waals surface area contributed by atoms with Gasteiger partial charge in [-0.3, -0.25) is 9.59 Å². The number of hydrogen-bond donors (Lipinski definition) is 2. The molecule has 0 unspecified atom stereocenters. The highest BCUT2D eigenvalue weighted by Crippen LogP contribution is 2.09. The second-order valence-electron chi connectivity index (χ2n) is 4.98. The van der Waals surface area contributed by atoms with Crippen LogP contribution in [-0.4, -0.2) is 35.0 Å². The van der Waals surface area contributed by atoms with Gasteiger partial charge in [0.15, 0.2) is 0 Å². The Bertz CT molecular complexity index is 458. The summed E-state index contributed by atoms with van der Waals surface area (Å²) < 4.78 is 0. The Morgan fingerprint density at radius 1 is 1.37 bits per heavy atom. The normalized spacial score (nSPS) is 10.5. The second kappa shape index (κ2) is 6.78. The molecule has 1 aromatic carbocycles. The van der Waals surface area contributed by atoms with E-state index in [0.29, 0.717) is 12.2 Å². The number of rotatable bonds is 6. The van der Waals surface area contributed by atoms with E-state index in [0.717, 1.165) is 5.56 Å². The SMILES string of the molecule is CC(C)CN(CC(=O)O)C(=O)Cc1cccc(N)c1. The zero-order chi connectivity index (χ0) is 14.4. The topological polar surface area (TPSA) is 83.6 Å². The van der Waals surface area contributed by atoms with Crippen molar-refractivity contribution in [2.24, 2.45) is 5.92 Å². The van der Waals surface area contributed by atoms with E-state index in [4.69, 9.17) is 10.8 Å². The quantitative estimate of drug-likeness (QED) is 0.760. The minimum Gasteiger partial charge on any atom is -0.480 e. The zero-order valence-electron chi connectivity index (χ0n) is 11.3. The number of carbonyl (C=O) groups excluding carboxylic acids is 1. The van der Waals surface area contributed by atoms with Crippen molar-refractivity contribution in [3.8, 4) is 0 Å². The van der Waals surface area contributed by atoms with Crippen LogP contribution >= 0.6 is 0 Å². The zero-order valence-corrected chi connectivity index (χ0v) is 11.3. The van der Waals surface area contributed by atoms with Crippen molar-refractivity contribution in [1.82, 2.24) is 4.90 Å². The third-order valence-electron chi connectivity index (χ3n) is 2.57. The summed E-state index contributed by atoms with van der Waals surface area (Å²) in [5, 5.41) is 8.84. The molecular formula is C14H20N2O3. The van der Waals surface area contributed by atoms with E-state index in [-0.39, 0.29) is 24.8 Å². The maximum atomic E-state index is 12.1. The van der Waals surface area contributed by atoms with Crippen LogP contribution in [0.4, 0.5) is 5.69 Å². The first kappa shape index (κ1) is 15.0. The molecular weight excluding hydrogens is 244 g/mol. The first-order chi connectivity index (χ1) is 8.88. The summed E-state index contributed by atoms with van der Waals surface area (Å²) in [5.74, 6) is -0.965. The molecule has 0 atom stereocenters. The van der Waals surface area contributed by atoms with Crippen LogP contribution in [0.5, 0.6) is 0 Å². The molecule has 3 N–H and O–H groups in total. The number of benzene rings is 1. The smallest absolute Gasteiger partial charge is 0.323 e. The van der Waals surface area contributed by atoms with Crippen molar-refractivity contribution < 1.29 is 14.7 Å². The van der Waals surface area contributed by atoms with E-state index < -0.39 is 5.97 Å². The van der Waals surface area contributed by atoms with E-state index in [1.54, 1.807) is 18.2 Å². The number of nitrogen functional groups attached to an aromatic ring is 1. The fraction of sp³-hybridized carbons (Fsp3) is 0.429. The number of carboxylic acid groups (broad SMARTS) is 1. The standard InChI is InChI=1S/C14H20N2O3/c1-10(2)8-16(9-14(18)19)13(17)7-11-4-3-5-12(15)6-11/h3-6,10H,7-9,15H2,1-2H3,(H,18,19). The molecule has 1 aromatic rings. The fourth-order valence-corrected chi connectivity index (χ4v) is 1.85. The molecule has 1 amide bonds. The molecule has 5 nitrogen and oxygen atoms in total. The van der Waals surface area contributed by atoms with Crippen LogP contribution in [-0.2, 0) is 16.0 Å². The van der Waals surface area contributed by atoms with Gasteiger partial charge in [-0.2, -0.15) is 0 Å². The Morgan fingerprint density at radius 2 is 2.05 bits per heavy atom. The van der Waals surface area contributed by atoms with E-state index in [2.05, 4.69) is 0 Å². The fourth-order valence-electron chi connectivity index (χ4n) is 1.85. The van der Waals surface area contributed by atoms with Gasteiger partial charge in [-0.05, 0) is 23.6 Å². The van der Waals surface area contributed by atoms with Crippen LogP contribution in [0.15, 0.2) is 24.3 Å². The van der Waals surface area contributed by atoms with Crippen molar-refractivity contribution in [3.05, 3.63) is 29.8 Å². The van der Waals surface area contributed by atoms with Crippen LogP contribution < -0.4 is 5.73 Å². The van der Waals surface area contributed by atoms with Gasteiger partial charge in [0, 0.05) is 12.2 Å². The minimum atomic E-state index is -0.999. The van der Waals surface area contributed by atoms with E-state index in [1.807, 2.05) is 19.9 Å². The molecule has 5 heteroatoms. The summed E-state index contributed by atoms with van der Waals surface area (Å²) in [6.07, 6.45) is 0.172. The lowest BCUT2D eigenvalue weighted by Gasteiger charge is -2.22. The summed E-state index contributed by atoms with van der Waals surface area (Å²) in [6.45, 7) is 4.07. The predicted molar refractivity (Wildman–Crippen MR) is 73.6 cm³/mol. The largest absolute Gasteiger partial charge is 0.480 e. The maximum absolute atomic E-state index is 12.1. The highest BCUT2D eigenvalue weighted by molar-refractivity contribution is 5.83. The number of nitrogens with two attached hydrogens (primary N) is 1. The highest BCUT2D eigenvalue weighted by Gasteiger charge is 2.18. The average Bonchev–Trinajstić information content (AvgIpc) is 2.26. The Morgan fingerprint density at radius 3 is 2.58 bits per heavy atom. The first-order valence-corrected chi connectivity index (χ1v) is 6.22. The number of nitrogens with zero attached hydrogens (tertiary/aromatic N) is 1. The number of anilines is 1. The van der Waals surface area contributed by atoms with Crippen molar-refractivity contribution in [1.29, 1.82) is 0 Å². The lowest BCUT2D eigenvalue weighted by atomic mass is 10.1. The van der Waals surface area contributed by atoms with Gasteiger partial charge >= 0.3 is 5.97 Å². The first-order valence-electron chi connectivity index (χ1n) is 6.22. The molecule has 1 rings (SSSR count). The van der Waals surface area contributed by atoms with Gasteiger partial charge in [0.25, 0.3) is 0 Å². The number of hydrogen-bond acceptors (Lipinski definition) is 3. The number of aliphatic carboxylic acids is 1. The van der Waals surface area contributed by atoms with Crippen molar-refractivity contribution >= 4 is 17.6 Å². The Kier molecular flexibility index (Phi) is 5.36. The molecule has 0 aliphatic rings. The van der Waals surface area contributed by atoms with Crippen LogP contribution in [0.2, 0.25) is 0 Å². The van der Waals surface area contributed by atoms with Crippen molar-refractivity contribution in [2.75, 3.05) is 18.8 Å². The lowest BCUT2D eigenvalue weighted by Crippen LogP contribution is -2.39. The van der Waals surface area contributed by atoms with Crippen molar-refractivity contribution in [3.63, 3.8) is 0 Å². The molecule has 0 heterocycles. The van der Waals surface area contributed by atoms with Gasteiger partial charge in [-0.1, -0.05) is 26.0 Å². The summed E-state index contributed by atoms with van der Waals surface area (Å²) >= 11 is 0. The van der Waals surface area contributed by atoms with Crippen molar-refractivity contribution in [2.45, 2.75) is 20.3 Å². The maximum Gasteiger partial charge on any atom is 0.323 e. The van der Waals surface area contributed by atoms with Gasteiger partial charge in [0.2, 0.25) is 5.91 Å². The molecule has 0 aliphatic carbocycles. The van der Waals surface area contributed by atoms with E-state index in [9.17, 15) is 9.59 Å². The Labute approximate surface area is 113 Å². The number of amides is 1. The molecule has 0 aliphatic heterocycles. The lowest BCUT2D eigenvalue weighted by molar-refractivity contribution is -0.144. The average molecular weight is 264 g/mol. The molecule has 0 radical (unpaired) electrons. The molecule has 0 saturated carbocycles. The summed E-state index contributed by atoms with van der Waals surface area (Å²) in [4.78, 5) is 24.3. The molecule has 19 heavy (non-hydrogen) atoms. The third-order valence-corrected chi connectivity index (χ3v) is 2.57. The summed E-state index contributed by atoms with van der Waals surface area (Å²) in [5.41, 5.74) is 7.04. The van der Waals surface area contributed by atoms with E-state index in [1.165, 1.54) is 4.90 Å². The Balaban J connectivity index is 2.73. The predicted octanol–water partition coefficient (Wildman–Crippen LogP) is 1.38. The Hall–Kier alpha value is -2.04. The van der Waals surface area contributed by atoms with Crippen LogP contribution in [0.25, 0.3) is 0 Å². The third kappa shape index (κ3) is 5.42. The minimum absolute atomic E-state index is 0.172. The van der Waals surface area contributed by atoms with Crippen LogP contribution in [0.1, 0.15) is 19.4 Å². The van der Waals surface area contributed by atoms with Gasteiger partial charge in [0.05, 0.1) is 6.42 Å². The van der Waals surface area contributed by atoms with E-state index >= 15 is 0 Å². The van der Waals surface area contributed by atoms with Gasteiger partial charge < -0.3 is 15.7 Å². The highest BCUT2D eigenvalue weighted by atomic mass is 16.4.